The van der Waals surface area contributed by atoms with Crippen LogP contribution < -0.4 is 16.0 Å². The number of aromatic amines is 1. The highest BCUT2D eigenvalue weighted by Gasteiger charge is 2.23. The maximum atomic E-state index is 13.5. The minimum absolute atomic E-state index is 0.239. The molecule has 3 aromatic heterocycles. The van der Waals surface area contributed by atoms with Gasteiger partial charge in [0.1, 0.15) is 18.2 Å². The van der Waals surface area contributed by atoms with Crippen LogP contribution >= 0.6 is 0 Å². The van der Waals surface area contributed by atoms with Crippen molar-refractivity contribution < 1.29 is 9.13 Å². The molecule has 37 heavy (non-hydrogen) atoms. The number of aryl methyl sites for hydroxylation is 1. The zero-order valence-electron chi connectivity index (χ0n) is 19.8. The number of nitrogens with one attached hydrogen (secondary N) is 1. The maximum Gasteiger partial charge on any atom is 0.329 e. The molecular formula is C27H21FN6O3. The number of hydrogen-bond donors (Lipinski definition) is 1. The third-order valence-electron chi connectivity index (χ3n) is 6.25. The molecule has 0 aliphatic rings. The average Bonchev–Trinajstić information content (AvgIpc) is 3.48. The first-order chi connectivity index (χ1) is 18.0. The van der Waals surface area contributed by atoms with Crippen LogP contribution in [-0.2, 0) is 20.2 Å². The van der Waals surface area contributed by atoms with E-state index in [9.17, 15) is 14.0 Å². The summed E-state index contributed by atoms with van der Waals surface area (Å²) in [5.74, 6) is 1.30. The highest BCUT2D eigenvalue weighted by Crippen LogP contribution is 2.25. The Morgan fingerprint density at radius 3 is 2.32 bits per heavy atom. The van der Waals surface area contributed by atoms with Crippen LogP contribution in [0.4, 0.5) is 4.39 Å². The molecule has 0 saturated carbocycles. The zero-order chi connectivity index (χ0) is 25.5. The number of halogens is 1. The molecule has 10 heteroatoms. The van der Waals surface area contributed by atoms with Crippen LogP contribution in [0, 0.1) is 5.82 Å². The summed E-state index contributed by atoms with van der Waals surface area (Å²) in [4.78, 5) is 27.8. The van der Waals surface area contributed by atoms with Crippen molar-refractivity contribution in [2.24, 2.45) is 7.05 Å². The first kappa shape index (κ1) is 22.5. The van der Waals surface area contributed by atoms with E-state index < -0.39 is 11.2 Å². The summed E-state index contributed by atoms with van der Waals surface area (Å²) in [7, 11) is 1.58. The first-order valence-electron chi connectivity index (χ1n) is 11.6. The number of ether oxygens (including phenoxy) is 1. The molecule has 184 valence electrons. The molecule has 9 nitrogen and oxygen atoms in total. The van der Waals surface area contributed by atoms with Gasteiger partial charge in [-0.15, -0.1) is 10.2 Å². The Balaban J connectivity index is 1.45. The summed E-state index contributed by atoms with van der Waals surface area (Å²) in [5, 5.41) is 8.75. The average molecular weight is 497 g/mol. The number of para-hydroxylation sites is 1. The van der Waals surface area contributed by atoms with Crippen molar-refractivity contribution in [3.05, 3.63) is 117 Å². The van der Waals surface area contributed by atoms with Gasteiger partial charge in [-0.25, -0.2) is 13.6 Å². The number of benzene rings is 3. The van der Waals surface area contributed by atoms with Crippen molar-refractivity contribution in [3.63, 3.8) is 0 Å². The van der Waals surface area contributed by atoms with Gasteiger partial charge in [0.2, 0.25) is 5.78 Å². The summed E-state index contributed by atoms with van der Waals surface area (Å²) in [6.07, 6.45) is 0. The van der Waals surface area contributed by atoms with E-state index in [0.717, 1.165) is 22.4 Å². The maximum absolute atomic E-state index is 13.5. The lowest BCUT2D eigenvalue weighted by Gasteiger charge is -2.07. The smallest absolute Gasteiger partial charge is 0.329 e. The van der Waals surface area contributed by atoms with Gasteiger partial charge in [0, 0.05) is 12.6 Å². The molecule has 3 aromatic carbocycles. The molecule has 0 aliphatic carbocycles. The quantitative estimate of drug-likeness (QED) is 0.381. The Morgan fingerprint density at radius 2 is 1.59 bits per heavy atom. The van der Waals surface area contributed by atoms with Gasteiger partial charge in [-0.2, -0.15) is 0 Å². The summed E-state index contributed by atoms with van der Waals surface area (Å²) in [6, 6.07) is 23.2. The topological polar surface area (TPSA) is 99.2 Å². The highest BCUT2D eigenvalue weighted by atomic mass is 19.1. The molecule has 0 aliphatic heterocycles. The van der Waals surface area contributed by atoms with E-state index in [1.54, 1.807) is 28.1 Å². The van der Waals surface area contributed by atoms with Gasteiger partial charge in [0.05, 0.1) is 6.54 Å². The van der Waals surface area contributed by atoms with Crippen molar-refractivity contribution in [1.29, 1.82) is 0 Å². The van der Waals surface area contributed by atoms with Crippen molar-refractivity contribution >= 4 is 16.9 Å². The van der Waals surface area contributed by atoms with Gasteiger partial charge in [-0.1, -0.05) is 54.6 Å². The van der Waals surface area contributed by atoms with Crippen LogP contribution in [0.25, 0.3) is 28.3 Å². The number of hydrogen-bond acceptors (Lipinski definition) is 5. The van der Waals surface area contributed by atoms with Crippen LogP contribution in [0.5, 0.6) is 5.75 Å². The van der Waals surface area contributed by atoms with Crippen LogP contribution in [-0.4, -0.2) is 28.7 Å². The summed E-state index contributed by atoms with van der Waals surface area (Å²) < 4.78 is 24.0. The van der Waals surface area contributed by atoms with Crippen molar-refractivity contribution in [2.45, 2.75) is 13.2 Å². The number of rotatable bonds is 6. The lowest BCUT2D eigenvalue weighted by atomic mass is 10.1. The first-order valence-corrected chi connectivity index (χ1v) is 11.6. The SMILES string of the molecule is Cn1c(=O)[nH]c(=O)c2c1n1c(-c3ccc(COc4ccccc4)cc3)nnc1n2Cc1ccc(F)cc1. The van der Waals surface area contributed by atoms with Gasteiger partial charge in [-0.3, -0.25) is 18.9 Å². The van der Waals surface area contributed by atoms with Gasteiger partial charge in [0.15, 0.2) is 17.0 Å². The minimum atomic E-state index is -0.550. The monoisotopic (exact) mass is 496 g/mol. The summed E-state index contributed by atoms with van der Waals surface area (Å²) in [5.41, 5.74) is 2.03. The van der Waals surface area contributed by atoms with Gasteiger partial charge in [-0.05, 0) is 35.4 Å². The van der Waals surface area contributed by atoms with Crippen molar-refractivity contribution in [1.82, 2.24) is 28.7 Å². The second-order valence-electron chi connectivity index (χ2n) is 8.66. The molecule has 0 bridgehead atoms. The Morgan fingerprint density at radius 1 is 0.892 bits per heavy atom. The van der Waals surface area contributed by atoms with Crippen LogP contribution in [0.1, 0.15) is 11.1 Å². The molecule has 0 amide bonds. The predicted molar refractivity (Wildman–Crippen MR) is 136 cm³/mol. The lowest BCUT2D eigenvalue weighted by Crippen LogP contribution is -2.29. The molecule has 1 N–H and O–H groups in total. The van der Waals surface area contributed by atoms with Gasteiger partial charge >= 0.3 is 5.69 Å². The molecule has 0 radical (unpaired) electrons. The van der Waals surface area contributed by atoms with Crippen molar-refractivity contribution in [2.75, 3.05) is 0 Å². The Labute approximate surface area is 209 Å². The number of H-pyrrole nitrogens is 1. The van der Waals surface area contributed by atoms with Crippen LogP contribution in [0.2, 0.25) is 0 Å². The van der Waals surface area contributed by atoms with E-state index in [2.05, 4.69) is 15.2 Å². The van der Waals surface area contributed by atoms with Gasteiger partial charge in [0.25, 0.3) is 5.56 Å². The molecule has 6 rings (SSSR count). The number of fused-ring (bicyclic) bond motifs is 3. The fourth-order valence-electron chi connectivity index (χ4n) is 4.38. The second kappa shape index (κ2) is 8.90. The zero-order valence-corrected chi connectivity index (χ0v) is 19.8. The Hall–Kier alpha value is -4.99. The highest BCUT2D eigenvalue weighted by molar-refractivity contribution is 5.79. The Kier molecular flexibility index (Phi) is 5.41. The van der Waals surface area contributed by atoms with Crippen LogP contribution in [0.3, 0.4) is 0 Å². The summed E-state index contributed by atoms with van der Waals surface area (Å²) in [6.45, 7) is 0.642. The molecule has 0 fully saturated rings. The largest absolute Gasteiger partial charge is 0.489 e. The summed E-state index contributed by atoms with van der Waals surface area (Å²) >= 11 is 0. The van der Waals surface area contributed by atoms with Gasteiger partial charge < -0.3 is 4.74 Å². The van der Waals surface area contributed by atoms with E-state index in [1.165, 1.54) is 16.7 Å². The fraction of sp³-hybridized carbons (Fsp3) is 0.111. The van der Waals surface area contributed by atoms with E-state index in [1.807, 2.05) is 54.6 Å². The predicted octanol–water partition coefficient (Wildman–Crippen LogP) is 3.50. The molecular weight excluding hydrogens is 475 g/mol. The number of aromatic nitrogens is 6. The second-order valence-corrected chi connectivity index (χ2v) is 8.66. The van der Waals surface area contributed by atoms with Crippen LogP contribution in [0.15, 0.2) is 88.5 Å². The molecule has 0 saturated heterocycles. The third-order valence-corrected chi connectivity index (χ3v) is 6.25. The molecule has 3 heterocycles. The lowest BCUT2D eigenvalue weighted by molar-refractivity contribution is 0.306. The molecule has 0 atom stereocenters. The normalized spacial score (nSPS) is 11.4. The van der Waals surface area contributed by atoms with E-state index in [4.69, 9.17) is 4.74 Å². The van der Waals surface area contributed by atoms with E-state index in [-0.39, 0.29) is 17.9 Å². The molecule has 0 unspecified atom stereocenters. The van der Waals surface area contributed by atoms with E-state index >= 15 is 0 Å². The van der Waals surface area contributed by atoms with Crippen molar-refractivity contribution in [3.8, 4) is 17.1 Å². The Bertz CT molecular complexity index is 1850. The fourth-order valence-corrected chi connectivity index (χ4v) is 4.38. The minimum Gasteiger partial charge on any atom is -0.489 e. The molecule has 0 spiro atoms. The molecule has 6 aromatic rings. The van der Waals surface area contributed by atoms with E-state index in [0.29, 0.717) is 23.9 Å². The number of nitrogens with zero attached hydrogens (tertiary/aromatic N) is 5. The number of imidazole rings is 1. The standard InChI is InChI=1S/C27H21FN6O3/c1-32-25-22(24(35)29-27(32)36)33(15-17-9-13-20(28)14-10-17)26-31-30-23(34(25)26)19-11-7-18(8-12-19)16-37-21-5-3-2-4-6-21/h2-14H,15-16H2,1H3,(H,29,35,36). The third kappa shape index (κ3) is 3.98.